The molecule has 0 aromatic heterocycles. The predicted molar refractivity (Wildman–Crippen MR) is 134 cm³/mol. The minimum atomic E-state index is -0.799. The third-order valence-corrected chi connectivity index (χ3v) is 5.83. The lowest BCUT2D eigenvalue weighted by atomic mass is 9.77. The largest absolute Gasteiger partial charge is 0.453 e. The minimum absolute atomic E-state index is 0. The summed E-state index contributed by atoms with van der Waals surface area (Å²) < 4.78 is 19.6. The predicted octanol–water partition coefficient (Wildman–Crippen LogP) is 6.06. The third-order valence-electron chi connectivity index (χ3n) is 5.83. The number of carbonyl (C=O) groups is 1. The topological polar surface area (TPSA) is 29.5 Å². The van der Waals surface area contributed by atoms with Gasteiger partial charge in [-0.25, -0.2) is 4.39 Å². The number of benzene rings is 3. The summed E-state index contributed by atoms with van der Waals surface area (Å²) >= 11 is 0. The van der Waals surface area contributed by atoms with Gasteiger partial charge in [0.2, 0.25) is 0 Å². The summed E-state index contributed by atoms with van der Waals surface area (Å²) in [5, 5.41) is 0. The average molecular weight is 470 g/mol. The van der Waals surface area contributed by atoms with E-state index in [4.69, 9.17) is 4.74 Å². The molecule has 0 heterocycles. The summed E-state index contributed by atoms with van der Waals surface area (Å²) in [5.74, 6) is -0.477. The van der Waals surface area contributed by atoms with Gasteiger partial charge in [-0.15, -0.1) is 12.4 Å². The number of carbonyl (C=O) groups excluding carboxylic acids is 1. The zero-order valence-corrected chi connectivity index (χ0v) is 20.4. The molecule has 5 heteroatoms. The van der Waals surface area contributed by atoms with Crippen LogP contribution in [0.2, 0.25) is 0 Å². The summed E-state index contributed by atoms with van der Waals surface area (Å²) in [6.45, 7) is 2.91. The Balaban J connectivity index is 0.00000385. The van der Waals surface area contributed by atoms with Crippen molar-refractivity contribution >= 4 is 18.4 Å². The lowest BCUT2D eigenvalue weighted by molar-refractivity contribution is -0.168. The molecular weight excluding hydrogens is 437 g/mol. The first-order valence-electron chi connectivity index (χ1n) is 11.1. The van der Waals surface area contributed by atoms with Crippen LogP contribution in [0.3, 0.4) is 0 Å². The van der Waals surface area contributed by atoms with Crippen molar-refractivity contribution in [3.05, 3.63) is 107 Å². The molecule has 3 aromatic rings. The Hall–Kier alpha value is -2.69. The van der Waals surface area contributed by atoms with E-state index in [-0.39, 0.29) is 36.5 Å². The van der Waals surface area contributed by atoms with Crippen molar-refractivity contribution in [1.82, 2.24) is 4.90 Å². The van der Waals surface area contributed by atoms with Crippen molar-refractivity contribution in [3.8, 4) is 0 Å². The van der Waals surface area contributed by atoms with Crippen molar-refractivity contribution < 1.29 is 13.9 Å². The number of esters is 1. The van der Waals surface area contributed by atoms with Crippen LogP contribution in [0.4, 0.5) is 4.39 Å². The molecule has 2 atom stereocenters. The highest BCUT2D eigenvalue weighted by molar-refractivity contribution is 5.85. The van der Waals surface area contributed by atoms with Gasteiger partial charge in [-0.2, -0.15) is 0 Å². The first-order chi connectivity index (χ1) is 15.4. The maximum absolute atomic E-state index is 13.2. The second-order valence-corrected chi connectivity index (χ2v) is 8.68. The zero-order valence-electron chi connectivity index (χ0n) is 19.5. The highest BCUT2D eigenvalue weighted by Crippen LogP contribution is 2.38. The lowest BCUT2D eigenvalue weighted by Crippen LogP contribution is -2.45. The number of hydrogen-bond donors (Lipinski definition) is 0. The van der Waals surface area contributed by atoms with Gasteiger partial charge < -0.3 is 9.64 Å². The minimum Gasteiger partial charge on any atom is -0.453 e. The Morgan fingerprint density at radius 3 is 2.06 bits per heavy atom. The Morgan fingerprint density at radius 1 is 0.909 bits per heavy atom. The molecule has 0 N–H and O–H groups in total. The van der Waals surface area contributed by atoms with E-state index < -0.39 is 5.60 Å². The normalized spacial score (nSPS) is 13.6. The van der Waals surface area contributed by atoms with Gasteiger partial charge in [0, 0.05) is 25.3 Å². The van der Waals surface area contributed by atoms with Gasteiger partial charge in [-0.3, -0.25) is 4.79 Å². The number of hydrogen-bond acceptors (Lipinski definition) is 3. The first kappa shape index (κ1) is 26.6. The van der Waals surface area contributed by atoms with Gasteiger partial charge in [0.1, 0.15) is 11.4 Å². The molecule has 0 radical (unpaired) electrons. The molecule has 176 valence electrons. The van der Waals surface area contributed by atoms with E-state index in [0.29, 0.717) is 12.8 Å². The van der Waals surface area contributed by atoms with Crippen molar-refractivity contribution in [2.75, 3.05) is 20.6 Å². The Bertz CT molecular complexity index is 980. The molecule has 0 aliphatic heterocycles. The number of aryl methyl sites for hydroxylation is 1. The van der Waals surface area contributed by atoms with Gasteiger partial charge in [0.05, 0.1) is 0 Å². The molecule has 0 amide bonds. The van der Waals surface area contributed by atoms with Gasteiger partial charge >= 0.3 is 5.97 Å². The first-order valence-corrected chi connectivity index (χ1v) is 11.1. The molecule has 0 spiro atoms. The van der Waals surface area contributed by atoms with E-state index in [1.54, 1.807) is 12.1 Å². The van der Waals surface area contributed by atoms with Crippen molar-refractivity contribution in [2.45, 2.75) is 31.8 Å². The number of ether oxygens (including phenoxy) is 1. The van der Waals surface area contributed by atoms with E-state index in [1.807, 2.05) is 62.6 Å². The summed E-state index contributed by atoms with van der Waals surface area (Å²) in [6.07, 6.45) is 1.34. The van der Waals surface area contributed by atoms with E-state index in [9.17, 15) is 9.18 Å². The van der Waals surface area contributed by atoms with Gasteiger partial charge in [0.15, 0.2) is 0 Å². The monoisotopic (exact) mass is 469 g/mol. The highest BCUT2D eigenvalue weighted by Gasteiger charge is 2.42. The standard InChI is InChI=1S/C28H32FNO2.ClH/c1-22(21-30(2)3)28(25-12-8-5-9-13-25,20-24-10-6-4-7-11-24)32-27(31)19-16-23-14-17-26(29)18-15-23;/h4-15,17-18,22H,16,19-21H2,1-3H3;1H. The molecule has 3 nitrogen and oxygen atoms in total. The van der Waals surface area contributed by atoms with E-state index in [2.05, 4.69) is 24.0 Å². The molecular formula is C28H33ClFNO2. The number of halogens is 2. The zero-order chi connectivity index (χ0) is 23.0. The van der Waals surface area contributed by atoms with Crippen molar-refractivity contribution in [2.24, 2.45) is 5.92 Å². The highest BCUT2D eigenvalue weighted by atomic mass is 35.5. The fourth-order valence-corrected chi connectivity index (χ4v) is 4.22. The fourth-order valence-electron chi connectivity index (χ4n) is 4.22. The van der Waals surface area contributed by atoms with E-state index in [1.165, 1.54) is 12.1 Å². The molecule has 0 saturated carbocycles. The fraction of sp³-hybridized carbons (Fsp3) is 0.321. The average Bonchev–Trinajstić information content (AvgIpc) is 2.79. The maximum atomic E-state index is 13.2. The summed E-state index contributed by atoms with van der Waals surface area (Å²) in [5.41, 5.74) is 2.23. The maximum Gasteiger partial charge on any atom is 0.307 e. The number of nitrogens with zero attached hydrogens (tertiary/aromatic N) is 1. The van der Waals surface area contributed by atoms with E-state index in [0.717, 1.165) is 23.2 Å². The van der Waals surface area contributed by atoms with Crippen LogP contribution < -0.4 is 0 Å². The van der Waals surface area contributed by atoms with Gasteiger partial charge in [-0.05, 0) is 49.3 Å². The van der Waals surface area contributed by atoms with Gasteiger partial charge in [0.25, 0.3) is 0 Å². The molecule has 0 aliphatic rings. The molecule has 0 saturated heterocycles. The Morgan fingerprint density at radius 2 is 1.48 bits per heavy atom. The summed E-state index contributed by atoms with van der Waals surface area (Å²) in [6, 6.07) is 26.5. The van der Waals surface area contributed by atoms with Crippen LogP contribution in [0, 0.1) is 11.7 Å². The molecule has 0 fully saturated rings. The SMILES string of the molecule is CC(CN(C)C)C(Cc1ccccc1)(OC(=O)CCc1ccc(F)cc1)c1ccccc1.Cl. The van der Waals surface area contributed by atoms with Gasteiger partial charge in [-0.1, -0.05) is 79.7 Å². The molecule has 33 heavy (non-hydrogen) atoms. The molecule has 3 rings (SSSR count). The second-order valence-electron chi connectivity index (χ2n) is 8.68. The van der Waals surface area contributed by atoms with Crippen LogP contribution in [-0.4, -0.2) is 31.5 Å². The molecule has 3 aromatic carbocycles. The van der Waals surface area contributed by atoms with Crippen molar-refractivity contribution in [3.63, 3.8) is 0 Å². The molecule has 2 unspecified atom stereocenters. The van der Waals surface area contributed by atoms with Crippen LogP contribution >= 0.6 is 12.4 Å². The summed E-state index contributed by atoms with van der Waals surface area (Å²) in [7, 11) is 4.07. The Kier molecular flexibility index (Phi) is 10.1. The van der Waals surface area contributed by atoms with Crippen LogP contribution in [0.1, 0.15) is 30.0 Å². The quantitative estimate of drug-likeness (QED) is 0.338. The van der Waals surface area contributed by atoms with Crippen molar-refractivity contribution in [1.29, 1.82) is 0 Å². The van der Waals surface area contributed by atoms with Crippen LogP contribution in [0.15, 0.2) is 84.9 Å². The van der Waals surface area contributed by atoms with Crippen LogP contribution in [-0.2, 0) is 28.0 Å². The number of rotatable bonds is 10. The Labute approximate surface area is 203 Å². The second kappa shape index (κ2) is 12.5. The summed E-state index contributed by atoms with van der Waals surface area (Å²) in [4.78, 5) is 15.3. The van der Waals surface area contributed by atoms with E-state index >= 15 is 0 Å². The lowest BCUT2D eigenvalue weighted by Gasteiger charge is -2.40. The van der Waals surface area contributed by atoms with Crippen LogP contribution in [0.5, 0.6) is 0 Å². The third kappa shape index (κ3) is 7.41. The smallest absolute Gasteiger partial charge is 0.307 e. The van der Waals surface area contributed by atoms with Crippen LogP contribution in [0.25, 0.3) is 0 Å². The molecule has 0 aliphatic carbocycles. The molecule has 0 bridgehead atoms.